The third-order valence-corrected chi connectivity index (χ3v) is 21.6. The molecule has 1 unspecified atom stereocenters. The van der Waals surface area contributed by atoms with Crippen molar-refractivity contribution in [1.29, 1.82) is 0 Å². The molecule has 0 aliphatic heterocycles. The molecule has 77 heavy (non-hydrogen) atoms. The lowest BCUT2D eigenvalue weighted by Gasteiger charge is -2.37. The van der Waals surface area contributed by atoms with Crippen LogP contribution in [0.3, 0.4) is 0 Å². The zero-order valence-electron chi connectivity index (χ0n) is 47.7. The molecule has 0 spiro atoms. The van der Waals surface area contributed by atoms with E-state index < -0.39 is 100 Å². The van der Waals surface area contributed by atoms with E-state index in [0.29, 0.717) is 0 Å². The minimum absolute atomic E-state index is 0.913. The summed E-state index contributed by atoms with van der Waals surface area (Å²) in [7, 11) is 0. The molecule has 1 atom stereocenters. The average molecular weight is 1150 g/mol. The molecule has 2 rings (SSSR count). The smallest absolute Gasteiger partial charge is 0.346 e. The summed E-state index contributed by atoms with van der Waals surface area (Å²) in [5.41, 5.74) is -14.2. The second-order valence-electron chi connectivity index (χ2n) is 21.8. The third-order valence-electron chi connectivity index (χ3n) is 15.0. The van der Waals surface area contributed by atoms with Crippen LogP contribution >= 0.6 is 0 Å². The summed E-state index contributed by atoms with van der Waals surface area (Å²) in [6.07, 6.45) is 30.4. The molecular formula is C59H96AlF16N. The van der Waals surface area contributed by atoms with Crippen LogP contribution in [0.15, 0.2) is 0 Å². The first kappa shape index (κ1) is 74.8. The van der Waals surface area contributed by atoms with Gasteiger partial charge < -0.3 is 5.32 Å². The van der Waals surface area contributed by atoms with Gasteiger partial charge in [-0.3, -0.25) is 0 Å². The van der Waals surface area contributed by atoms with E-state index in [1.807, 2.05) is 0 Å². The summed E-state index contributed by atoms with van der Waals surface area (Å²) < 4.78 is 214. The Hall–Kier alpha value is -2.19. The molecule has 2 aromatic rings. The van der Waals surface area contributed by atoms with E-state index in [9.17, 15) is 70.2 Å². The van der Waals surface area contributed by atoms with Gasteiger partial charge in [0.15, 0.2) is 40.7 Å². The first-order chi connectivity index (χ1) is 36.3. The lowest BCUT2D eigenvalue weighted by Crippen LogP contribution is -2.85. The monoisotopic (exact) mass is 1150 g/mol. The van der Waals surface area contributed by atoms with Gasteiger partial charge in [0.1, 0.15) is 18.6 Å². The second kappa shape index (κ2) is 40.9. The maximum Gasteiger partial charge on any atom is 0.458 e. The lowest BCUT2D eigenvalue weighted by molar-refractivity contribution is -0.660. The van der Waals surface area contributed by atoms with Gasteiger partial charge in [-0.1, -0.05) is 222 Å². The largest absolute Gasteiger partial charge is 0.458 e. The highest BCUT2D eigenvalue weighted by atomic mass is 27.2. The number of rotatable bonds is 39. The standard InChI is InChI=1S/C15F16.C12H27N.4C8H17.Al/c16-5-2(6(17)10(21)12(23)9(5)20)1-3(13(24,25)15(29,30)31)7(18)11(22)8(19)4(1)14(26,27)28;1-4-6-7-8-10-13-11-12(3)9-5-2;4*1-3-5-7-8-6-4-2;/h;12-13H,4-11H2,1-3H3;4*1,3-8H2,2H3;/q;;;;;;-1/p+1. The summed E-state index contributed by atoms with van der Waals surface area (Å²) in [4.78, 5) is 0. The molecule has 2 aromatic carbocycles. The van der Waals surface area contributed by atoms with Gasteiger partial charge in [0, 0.05) is 11.5 Å². The van der Waals surface area contributed by atoms with Gasteiger partial charge in [0.05, 0.1) is 24.2 Å². The van der Waals surface area contributed by atoms with Crippen LogP contribution in [0.2, 0.25) is 21.1 Å². The number of quaternary nitrogens is 1. The Morgan fingerprint density at radius 2 is 0.649 bits per heavy atom. The molecule has 0 saturated heterocycles. The van der Waals surface area contributed by atoms with Crippen molar-refractivity contribution in [3.63, 3.8) is 0 Å². The van der Waals surface area contributed by atoms with Crippen molar-refractivity contribution in [2.45, 2.75) is 280 Å². The first-order valence-electron chi connectivity index (χ1n) is 29.6. The molecule has 18 heteroatoms. The van der Waals surface area contributed by atoms with Crippen LogP contribution in [0, 0.1) is 52.5 Å². The van der Waals surface area contributed by atoms with E-state index in [1.54, 1.807) is 46.8 Å². The highest BCUT2D eigenvalue weighted by Crippen LogP contribution is 2.54. The van der Waals surface area contributed by atoms with Crippen LogP contribution < -0.4 is 5.32 Å². The summed E-state index contributed by atoms with van der Waals surface area (Å²) in [5.74, 6) is -33.2. The van der Waals surface area contributed by atoms with E-state index in [2.05, 4.69) is 53.8 Å². The predicted molar refractivity (Wildman–Crippen MR) is 285 cm³/mol. The maximum atomic E-state index is 13.9. The van der Waals surface area contributed by atoms with Gasteiger partial charge >= 0.3 is 18.3 Å². The maximum absolute atomic E-state index is 13.9. The number of hydrogen-bond acceptors (Lipinski definition) is 0. The number of unbranched alkanes of at least 4 members (excludes halogenated alkanes) is 23. The van der Waals surface area contributed by atoms with Gasteiger partial charge in [0.2, 0.25) is 5.82 Å². The molecule has 0 aliphatic carbocycles. The Bertz CT molecular complexity index is 1750. The SMILES string of the molecule is CCCCCCC[CH2][Al-]([CH2]CCCCCCC)([CH2]CCCCCCC)[CH2]CCCCCCC.CCCCCC[NH2+]CC(C)CCC.Fc1c(F)c(F)c(-c2c(C(F)(F)F)c(F)c(F)c(F)c2C(F)(F)C(F)(F)F)c(F)c1F. The molecule has 1 nitrogen and oxygen atoms in total. The highest BCUT2D eigenvalue weighted by Gasteiger charge is 2.63. The van der Waals surface area contributed by atoms with Crippen LogP contribution in [0.1, 0.15) is 252 Å². The fourth-order valence-electron chi connectivity index (χ4n) is 10.5. The lowest BCUT2D eigenvalue weighted by atomic mass is 9.88. The van der Waals surface area contributed by atoms with Gasteiger partial charge in [0.25, 0.3) is 0 Å². The molecule has 0 amide bonds. The van der Waals surface area contributed by atoms with Crippen LogP contribution in [0.5, 0.6) is 0 Å². The fraction of sp³-hybridized carbons (Fsp3) is 0.797. The summed E-state index contributed by atoms with van der Waals surface area (Å²) >= 11 is -1.42. The fourth-order valence-corrected chi connectivity index (χ4v) is 16.8. The van der Waals surface area contributed by atoms with Crippen LogP contribution in [-0.4, -0.2) is 32.3 Å². The normalized spacial score (nSPS) is 12.7. The Balaban J connectivity index is 0.00000122. The Morgan fingerprint density at radius 1 is 0.351 bits per heavy atom. The summed E-state index contributed by atoms with van der Waals surface area (Å²) in [6, 6.07) is 0. The Morgan fingerprint density at radius 3 is 0.974 bits per heavy atom. The predicted octanol–water partition coefficient (Wildman–Crippen LogP) is 22.6. The van der Waals surface area contributed by atoms with Crippen molar-refractivity contribution in [1.82, 2.24) is 0 Å². The van der Waals surface area contributed by atoms with Gasteiger partial charge in [-0.2, -0.15) is 56.3 Å². The van der Waals surface area contributed by atoms with Crippen molar-refractivity contribution >= 4 is 13.1 Å². The molecule has 0 aliphatic rings. The average Bonchev–Trinajstić information content (AvgIpc) is 3.37. The molecule has 0 radical (unpaired) electrons. The molecule has 452 valence electrons. The molecule has 0 saturated carbocycles. The number of alkyl halides is 8. The van der Waals surface area contributed by atoms with Crippen molar-refractivity contribution in [2.75, 3.05) is 13.1 Å². The van der Waals surface area contributed by atoms with Crippen molar-refractivity contribution in [2.24, 2.45) is 5.92 Å². The minimum Gasteiger partial charge on any atom is -0.346 e. The topological polar surface area (TPSA) is 16.6 Å². The van der Waals surface area contributed by atoms with Gasteiger partial charge in [-0.05, 0) is 19.3 Å². The molecular weight excluding hydrogens is 1050 g/mol. The van der Waals surface area contributed by atoms with Crippen LogP contribution in [0.4, 0.5) is 70.2 Å². The number of benzene rings is 2. The minimum atomic E-state index is -7.10. The number of halogens is 16. The van der Waals surface area contributed by atoms with Crippen LogP contribution in [0.25, 0.3) is 11.1 Å². The zero-order chi connectivity index (χ0) is 58.7. The Kier molecular flexibility index (Phi) is 39.7. The van der Waals surface area contributed by atoms with Crippen molar-refractivity contribution in [3.8, 4) is 11.1 Å². The second-order valence-corrected chi connectivity index (χ2v) is 27.6. The highest BCUT2D eigenvalue weighted by molar-refractivity contribution is 6.79. The quantitative estimate of drug-likeness (QED) is 0.0226. The van der Waals surface area contributed by atoms with E-state index in [0.717, 1.165) is 5.92 Å². The van der Waals surface area contributed by atoms with E-state index in [4.69, 9.17) is 0 Å². The van der Waals surface area contributed by atoms with E-state index in [-0.39, 0.29) is 0 Å². The number of hydrogen-bond donors (Lipinski definition) is 1. The molecule has 0 aromatic heterocycles. The van der Waals surface area contributed by atoms with Gasteiger partial charge in [-0.15, -0.1) is 0 Å². The number of nitrogens with two attached hydrogens (primary N) is 1. The molecule has 0 bridgehead atoms. The Labute approximate surface area is 455 Å². The summed E-state index contributed by atoms with van der Waals surface area (Å²) in [6.45, 7) is 19.0. The van der Waals surface area contributed by atoms with E-state index >= 15 is 0 Å². The van der Waals surface area contributed by atoms with Crippen LogP contribution in [-0.2, 0) is 12.1 Å². The van der Waals surface area contributed by atoms with Crippen molar-refractivity contribution < 1.29 is 75.6 Å². The first-order valence-corrected chi connectivity index (χ1v) is 32.9. The molecule has 0 heterocycles. The van der Waals surface area contributed by atoms with Crippen molar-refractivity contribution in [3.05, 3.63) is 57.7 Å². The third kappa shape index (κ3) is 27.4. The summed E-state index contributed by atoms with van der Waals surface area (Å²) in [5, 5.41) is 9.32. The molecule has 0 fully saturated rings. The molecule has 2 N–H and O–H groups in total. The van der Waals surface area contributed by atoms with E-state index in [1.165, 1.54) is 180 Å². The van der Waals surface area contributed by atoms with Gasteiger partial charge in [-0.25, -0.2) is 35.1 Å². The zero-order valence-corrected chi connectivity index (χ0v) is 48.9.